The van der Waals surface area contributed by atoms with Crippen molar-refractivity contribution < 1.29 is 14.3 Å². The molecule has 0 heterocycles. The normalized spacial score (nSPS) is 10.3. The summed E-state index contributed by atoms with van der Waals surface area (Å²) in [5.41, 5.74) is 2.69. The molecular weight excluding hydrogens is 328 g/mol. The van der Waals surface area contributed by atoms with E-state index in [-0.39, 0.29) is 18.4 Å². The average molecular weight is 354 g/mol. The molecule has 2 aromatic rings. The Morgan fingerprint density at radius 1 is 1.04 bits per heavy atom. The number of nitrogens with one attached hydrogen (secondary N) is 1. The molecular formula is C21H26N2O3. The first-order valence-corrected chi connectivity index (χ1v) is 8.89. The van der Waals surface area contributed by atoms with Gasteiger partial charge in [0, 0.05) is 13.1 Å². The molecule has 2 aromatic carbocycles. The summed E-state index contributed by atoms with van der Waals surface area (Å²) in [6, 6.07) is 15.0. The van der Waals surface area contributed by atoms with Crippen molar-refractivity contribution >= 4 is 11.8 Å². The zero-order valence-corrected chi connectivity index (χ0v) is 15.6. The van der Waals surface area contributed by atoms with Crippen LogP contribution in [-0.4, -0.2) is 36.4 Å². The van der Waals surface area contributed by atoms with Crippen LogP contribution in [0, 0.1) is 6.92 Å². The van der Waals surface area contributed by atoms with E-state index in [4.69, 9.17) is 4.74 Å². The number of hydrogen-bond donors (Lipinski definition) is 1. The first kappa shape index (κ1) is 19.5. The molecule has 0 aliphatic rings. The Bertz CT molecular complexity index is 758. The number of amides is 2. The summed E-state index contributed by atoms with van der Waals surface area (Å²) >= 11 is 0. The van der Waals surface area contributed by atoms with Gasteiger partial charge in [-0.15, -0.1) is 0 Å². The van der Waals surface area contributed by atoms with E-state index < -0.39 is 0 Å². The number of likely N-dealkylation sites (N-methyl/N-ethyl adjacent to an activating group) is 1. The standard InChI is InChI=1S/C21H26N2O3/c1-4-23(15-17-11-7-6-10-16(17)3)20(24)14-22-21(25)18-12-8-9-13-19(18)26-5-2/h6-13H,4-5,14-15H2,1-3H3,(H,22,25). The number of aryl methyl sites for hydroxylation is 1. The number of nitrogens with zero attached hydrogens (tertiary/aromatic N) is 1. The van der Waals surface area contributed by atoms with Gasteiger partial charge in [0.1, 0.15) is 5.75 Å². The fourth-order valence-electron chi connectivity index (χ4n) is 2.67. The highest BCUT2D eigenvalue weighted by Gasteiger charge is 2.16. The highest BCUT2D eigenvalue weighted by atomic mass is 16.5. The molecule has 0 aliphatic carbocycles. The Kier molecular flexibility index (Phi) is 7.21. The monoisotopic (exact) mass is 354 g/mol. The molecule has 2 amide bonds. The van der Waals surface area contributed by atoms with E-state index in [9.17, 15) is 9.59 Å². The maximum absolute atomic E-state index is 12.5. The molecule has 0 spiro atoms. The van der Waals surface area contributed by atoms with Crippen molar-refractivity contribution in [2.75, 3.05) is 19.7 Å². The second-order valence-corrected chi connectivity index (χ2v) is 5.95. The van der Waals surface area contributed by atoms with Crippen LogP contribution in [-0.2, 0) is 11.3 Å². The number of carbonyl (C=O) groups is 2. The summed E-state index contributed by atoms with van der Waals surface area (Å²) in [5.74, 6) is 0.0968. The van der Waals surface area contributed by atoms with Gasteiger partial charge in [0.25, 0.3) is 5.91 Å². The third-order valence-electron chi connectivity index (χ3n) is 4.19. The minimum Gasteiger partial charge on any atom is -0.493 e. The van der Waals surface area contributed by atoms with Crippen LogP contribution in [0.25, 0.3) is 0 Å². The van der Waals surface area contributed by atoms with E-state index in [1.165, 1.54) is 0 Å². The molecule has 1 N–H and O–H groups in total. The molecule has 5 heteroatoms. The van der Waals surface area contributed by atoms with Gasteiger partial charge >= 0.3 is 0 Å². The number of ether oxygens (including phenoxy) is 1. The SMILES string of the molecule is CCOc1ccccc1C(=O)NCC(=O)N(CC)Cc1ccccc1C. The van der Waals surface area contributed by atoms with Gasteiger partial charge in [0.2, 0.25) is 5.91 Å². The lowest BCUT2D eigenvalue weighted by Crippen LogP contribution is -2.40. The van der Waals surface area contributed by atoms with Crippen LogP contribution in [0.15, 0.2) is 48.5 Å². The van der Waals surface area contributed by atoms with Crippen LogP contribution >= 0.6 is 0 Å². The minimum absolute atomic E-state index is 0.0426. The van der Waals surface area contributed by atoms with Crippen LogP contribution in [0.2, 0.25) is 0 Å². The van der Waals surface area contributed by atoms with E-state index in [2.05, 4.69) is 5.32 Å². The van der Waals surface area contributed by atoms with Crippen molar-refractivity contribution in [3.05, 3.63) is 65.2 Å². The van der Waals surface area contributed by atoms with Gasteiger partial charge in [-0.2, -0.15) is 0 Å². The summed E-state index contributed by atoms with van der Waals surface area (Å²) in [6.07, 6.45) is 0. The van der Waals surface area contributed by atoms with Crippen LogP contribution in [0.5, 0.6) is 5.75 Å². The molecule has 5 nitrogen and oxygen atoms in total. The van der Waals surface area contributed by atoms with Crippen molar-refractivity contribution in [2.24, 2.45) is 0 Å². The molecule has 0 bridgehead atoms. The molecule has 0 aromatic heterocycles. The van der Waals surface area contributed by atoms with Crippen molar-refractivity contribution in [1.29, 1.82) is 0 Å². The summed E-state index contributed by atoms with van der Waals surface area (Å²) in [7, 11) is 0. The quantitative estimate of drug-likeness (QED) is 0.792. The van der Waals surface area contributed by atoms with Crippen LogP contribution in [0.1, 0.15) is 35.3 Å². The molecule has 26 heavy (non-hydrogen) atoms. The van der Waals surface area contributed by atoms with Gasteiger partial charge < -0.3 is 15.0 Å². The predicted octanol–water partition coefficient (Wildman–Crippen LogP) is 3.17. The Morgan fingerprint density at radius 3 is 2.42 bits per heavy atom. The van der Waals surface area contributed by atoms with E-state index in [1.54, 1.807) is 23.1 Å². The average Bonchev–Trinajstić information content (AvgIpc) is 2.66. The molecule has 2 rings (SSSR count). The number of hydrogen-bond acceptors (Lipinski definition) is 3. The number of carbonyl (C=O) groups excluding carboxylic acids is 2. The van der Waals surface area contributed by atoms with Crippen LogP contribution < -0.4 is 10.1 Å². The van der Waals surface area contributed by atoms with Gasteiger partial charge in [-0.05, 0) is 44.0 Å². The van der Waals surface area contributed by atoms with E-state index in [0.717, 1.165) is 11.1 Å². The fourth-order valence-corrected chi connectivity index (χ4v) is 2.67. The van der Waals surface area contributed by atoms with Crippen LogP contribution in [0.3, 0.4) is 0 Å². The third-order valence-corrected chi connectivity index (χ3v) is 4.19. The smallest absolute Gasteiger partial charge is 0.255 e. The minimum atomic E-state index is -0.311. The Balaban J connectivity index is 1.98. The lowest BCUT2D eigenvalue weighted by atomic mass is 10.1. The summed E-state index contributed by atoms with van der Waals surface area (Å²) < 4.78 is 5.47. The topological polar surface area (TPSA) is 58.6 Å². The fraction of sp³-hybridized carbons (Fsp3) is 0.333. The number of para-hydroxylation sites is 1. The van der Waals surface area contributed by atoms with E-state index in [1.807, 2.05) is 51.1 Å². The molecule has 0 aliphatic heterocycles. The van der Waals surface area contributed by atoms with Gasteiger partial charge in [-0.25, -0.2) is 0 Å². The summed E-state index contributed by atoms with van der Waals surface area (Å²) in [4.78, 5) is 26.7. The number of rotatable bonds is 8. The lowest BCUT2D eigenvalue weighted by molar-refractivity contribution is -0.130. The predicted molar refractivity (Wildman–Crippen MR) is 102 cm³/mol. The second-order valence-electron chi connectivity index (χ2n) is 5.95. The molecule has 138 valence electrons. The maximum atomic E-state index is 12.5. The van der Waals surface area contributed by atoms with Gasteiger partial charge in [0.15, 0.2) is 0 Å². The molecule has 0 saturated carbocycles. The molecule has 0 radical (unpaired) electrons. The van der Waals surface area contributed by atoms with Crippen LogP contribution in [0.4, 0.5) is 0 Å². The lowest BCUT2D eigenvalue weighted by Gasteiger charge is -2.22. The zero-order chi connectivity index (χ0) is 18.9. The van der Waals surface area contributed by atoms with Gasteiger partial charge in [-0.1, -0.05) is 36.4 Å². The van der Waals surface area contributed by atoms with Crippen molar-refractivity contribution in [3.63, 3.8) is 0 Å². The van der Waals surface area contributed by atoms with Crippen molar-refractivity contribution in [3.8, 4) is 5.75 Å². The first-order chi connectivity index (χ1) is 12.6. The highest BCUT2D eigenvalue weighted by Crippen LogP contribution is 2.17. The van der Waals surface area contributed by atoms with Crippen molar-refractivity contribution in [1.82, 2.24) is 10.2 Å². The van der Waals surface area contributed by atoms with E-state index >= 15 is 0 Å². The molecule has 0 atom stereocenters. The first-order valence-electron chi connectivity index (χ1n) is 8.89. The summed E-state index contributed by atoms with van der Waals surface area (Å²) in [6.45, 7) is 7.37. The Hall–Kier alpha value is -2.82. The molecule has 0 saturated heterocycles. The molecule has 0 unspecified atom stereocenters. The molecule has 0 fully saturated rings. The number of benzene rings is 2. The highest BCUT2D eigenvalue weighted by molar-refractivity contribution is 5.98. The maximum Gasteiger partial charge on any atom is 0.255 e. The second kappa shape index (κ2) is 9.61. The Labute approximate surface area is 155 Å². The van der Waals surface area contributed by atoms with Gasteiger partial charge in [-0.3, -0.25) is 9.59 Å². The zero-order valence-electron chi connectivity index (χ0n) is 15.6. The largest absolute Gasteiger partial charge is 0.493 e. The Morgan fingerprint density at radius 2 is 1.73 bits per heavy atom. The third kappa shape index (κ3) is 5.09. The van der Waals surface area contributed by atoms with Gasteiger partial charge in [0.05, 0.1) is 18.7 Å². The van der Waals surface area contributed by atoms with Crippen molar-refractivity contribution in [2.45, 2.75) is 27.3 Å². The van der Waals surface area contributed by atoms with E-state index in [0.29, 0.717) is 31.0 Å². The summed E-state index contributed by atoms with van der Waals surface area (Å²) in [5, 5.41) is 2.70.